The maximum absolute atomic E-state index is 13.8. The minimum Gasteiger partial charge on any atom is -0.508 e. The summed E-state index contributed by atoms with van der Waals surface area (Å²) in [6.45, 7) is -0.343. The van der Waals surface area contributed by atoms with Crippen LogP contribution in [0.1, 0.15) is 16.7 Å². The summed E-state index contributed by atoms with van der Waals surface area (Å²) >= 11 is 0. The van der Waals surface area contributed by atoms with Crippen molar-refractivity contribution in [3.63, 3.8) is 0 Å². The monoisotopic (exact) mass is 595 g/mol. The standard InChI is InChI=1S/C34H33N3O7/c38-21-29-32(40)35(18-17-26-11-6-10-25-9-4-5-12-28(25)26)20-31-36(29)33(41)30(19-23-13-15-27(39)16-14-23)44-37(31)34(42)43-22-24-7-2-1-3-8-24/h1-16,29-31,38-39H,17-22H2/t29-,30+,31?/m0/s1. The Hall–Kier alpha value is -4.93. The number of nitrogens with zero attached hydrogens (tertiary/aromatic N) is 3. The van der Waals surface area contributed by atoms with E-state index in [9.17, 15) is 24.6 Å². The first-order valence-electron chi connectivity index (χ1n) is 14.6. The van der Waals surface area contributed by atoms with Crippen molar-refractivity contribution < 1.29 is 34.2 Å². The SMILES string of the molecule is O=C1[C@H](CO)N2C(=O)[C@@H](Cc3ccc(O)cc3)ON(C(=O)OCc3ccccc3)C2CN1CCc1cccc2ccccc12. The molecule has 0 aliphatic carbocycles. The van der Waals surface area contributed by atoms with Crippen molar-refractivity contribution >= 4 is 28.7 Å². The Morgan fingerprint density at radius 1 is 0.864 bits per heavy atom. The van der Waals surface area contributed by atoms with E-state index in [2.05, 4.69) is 0 Å². The fourth-order valence-electron chi connectivity index (χ4n) is 5.87. The number of hydrogen-bond acceptors (Lipinski definition) is 7. The van der Waals surface area contributed by atoms with Crippen LogP contribution in [0.4, 0.5) is 4.79 Å². The molecule has 0 saturated carbocycles. The Morgan fingerprint density at radius 2 is 1.59 bits per heavy atom. The second-order valence-corrected chi connectivity index (χ2v) is 10.9. The van der Waals surface area contributed by atoms with E-state index in [0.29, 0.717) is 18.5 Å². The highest BCUT2D eigenvalue weighted by molar-refractivity contribution is 5.92. The number of aromatic hydroxyl groups is 1. The summed E-state index contributed by atoms with van der Waals surface area (Å²) in [6, 6.07) is 28.3. The highest BCUT2D eigenvalue weighted by Gasteiger charge is 2.53. The molecule has 2 saturated heterocycles. The lowest BCUT2D eigenvalue weighted by Gasteiger charge is -2.52. The molecule has 4 aromatic rings. The van der Waals surface area contributed by atoms with Crippen molar-refractivity contribution in [2.45, 2.75) is 37.8 Å². The van der Waals surface area contributed by atoms with Gasteiger partial charge in [-0.1, -0.05) is 84.9 Å². The molecule has 0 spiro atoms. The number of benzene rings is 4. The molecule has 0 aromatic heterocycles. The van der Waals surface area contributed by atoms with Crippen LogP contribution in [0.25, 0.3) is 10.8 Å². The van der Waals surface area contributed by atoms with Crippen molar-refractivity contribution in [3.8, 4) is 5.75 Å². The second kappa shape index (κ2) is 12.7. The number of ether oxygens (including phenoxy) is 1. The Bertz CT molecular complexity index is 1640. The average molecular weight is 596 g/mol. The maximum Gasteiger partial charge on any atom is 0.436 e. The summed E-state index contributed by atoms with van der Waals surface area (Å²) in [5, 5.41) is 23.3. The normalized spacial score (nSPS) is 20.1. The van der Waals surface area contributed by atoms with Gasteiger partial charge in [-0.05, 0) is 46.0 Å². The predicted molar refractivity (Wildman–Crippen MR) is 161 cm³/mol. The van der Waals surface area contributed by atoms with Crippen molar-refractivity contribution in [3.05, 3.63) is 114 Å². The van der Waals surface area contributed by atoms with Crippen LogP contribution in [0.3, 0.4) is 0 Å². The van der Waals surface area contributed by atoms with Gasteiger partial charge in [-0.2, -0.15) is 5.06 Å². The van der Waals surface area contributed by atoms with Gasteiger partial charge < -0.3 is 24.7 Å². The van der Waals surface area contributed by atoms with Crippen LogP contribution < -0.4 is 0 Å². The van der Waals surface area contributed by atoms with Crippen LogP contribution in [0.5, 0.6) is 5.75 Å². The zero-order valence-corrected chi connectivity index (χ0v) is 24.0. The number of hydroxylamine groups is 2. The Kier molecular flexibility index (Phi) is 8.44. The van der Waals surface area contributed by atoms with Gasteiger partial charge in [-0.15, -0.1) is 0 Å². The number of carbonyl (C=O) groups is 3. The molecule has 2 fully saturated rings. The number of carbonyl (C=O) groups excluding carboxylic acids is 3. The fraction of sp³-hybridized carbons (Fsp3) is 0.265. The number of piperazine rings is 1. The van der Waals surface area contributed by atoms with Gasteiger partial charge in [0.2, 0.25) is 5.91 Å². The molecule has 6 rings (SSSR count). The molecule has 4 aromatic carbocycles. The second-order valence-electron chi connectivity index (χ2n) is 10.9. The van der Waals surface area contributed by atoms with E-state index < -0.39 is 42.8 Å². The van der Waals surface area contributed by atoms with Gasteiger partial charge in [-0.3, -0.25) is 14.4 Å². The van der Waals surface area contributed by atoms with Crippen molar-refractivity contribution in [1.82, 2.24) is 14.9 Å². The molecule has 1 unspecified atom stereocenters. The van der Waals surface area contributed by atoms with Crippen LogP contribution in [0, 0.1) is 0 Å². The molecule has 44 heavy (non-hydrogen) atoms. The van der Waals surface area contributed by atoms with Gasteiger partial charge in [0.15, 0.2) is 12.3 Å². The molecular formula is C34H33N3O7. The van der Waals surface area contributed by atoms with E-state index in [0.717, 1.165) is 27.0 Å². The number of phenols is 1. The van der Waals surface area contributed by atoms with Gasteiger partial charge in [-0.25, -0.2) is 4.79 Å². The van der Waals surface area contributed by atoms with Gasteiger partial charge >= 0.3 is 6.09 Å². The molecule has 0 bridgehead atoms. The lowest BCUT2D eigenvalue weighted by molar-refractivity contribution is -0.267. The fourth-order valence-corrected chi connectivity index (χ4v) is 5.87. The molecule has 0 radical (unpaired) electrons. The largest absolute Gasteiger partial charge is 0.508 e. The summed E-state index contributed by atoms with van der Waals surface area (Å²) < 4.78 is 5.60. The van der Waals surface area contributed by atoms with E-state index in [1.807, 2.05) is 72.8 Å². The molecule has 2 heterocycles. The summed E-state index contributed by atoms with van der Waals surface area (Å²) in [6.07, 6.45) is -2.38. The minimum absolute atomic E-state index is 0.0157. The number of aliphatic hydroxyl groups excluding tert-OH is 1. The first kappa shape index (κ1) is 29.2. The van der Waals surface area contributed by atoms with Gasteiger partial charge in [0.25, 0.3) is 5.91 Å². The van der Waals surface area contributed by atoms with Crippen molar-refractivity contribution in [1.29, 1.82) is 0 Å². The molecule has 2 N–H and O–H groups in total. The van der Waals surface area contributed by atoms with Crippen LogP contribution >= 0.6 is 0 Å². The van der Waals surface area contributed by atoms with Crippen molar-refractivity contribution in [2.75, 3.05) is 19.7 Å². The van der Waals surface area contributed by atoms with E-state index in [4.69, 9.17) is 9.57 Å². The van der Waals surface area contributed by atoms with E-state index in [-0.39, 0.29) is 25.3 Å². The van der Waals surface area contributed by atoms with E-state index >= 15 is 0 Å². The highest BCUT2D eigenvalue weighted by atomic mass is 16.7. The lowest BCUT2D eigenvalue weighted by Crippen LogP contribution is -2.74. The number of fused-ring (bicyclic) bond motifs is 2. The molecular weight excluding hydrogens is 562 g/mol. The maximum atomic E-state index is 13.8. The third kappa shape index (κ3) is 5.95. The zero-order chi connectivity index (χ0) is 30.6. The Morgan fingerprint density at radius 3 is 2.36 bits per heavy atom. The number of amides is 3. The average Bonchev–Trinajstić information content (AvgIpc) is 3.05. The molecule has 226 valence electrons. The highest BCUT2D eigenvalue weighted by Crippen LogP contribution is 2.30. The summed E-state index contributed by atoms with van der Waals surface area (Å²) in [5.41, 5.74) is 2.51. The molecule has 2 aliphatic rings. The molecule has 10 heteroatoms. The third-order valence-corrected chi connectivity index (χ3v) is 8.13. The summed E-state index contributed by atoms with van der Waals surface area (Å²) in [7, 11) is 0. The molecule has 10 nitrogen and oxygen atoms in total. The van der Waals surface area contributed by atoms with Crippen LogP contribution in [0.15, 0.2) is 97.1 Å². The summed E-state index contributed by atoms with van der Waals surface area (Å²) in [4.78, 5) is 49.9. The number of rotatable bonds is 8. The smallest absolute Gasteiger partial charge is 0.436 e. The van der Waals surface area contributed by atoms with Crippen LogP contribution in [-0.2, 0) is 38.6 Å². The number of phenolic OH excluding ortho intramolecular Hbond substituents is 1. The molecule has 2 aliphatic heterocycles. The quantitative estimate of drug-likeness (QED) is 0.319. The van der Waals surface area contributed by atoms with Gasteiger partial charge in [0.1, 0.15) is 18.4 Å². The topological polar surface area (TPSA) is 120 Å². The molecule has 3 atom stereocenters. The minimum atomic E-state index is -1.20. The van der Waals surface area contributed by atoms with Crippen LogP contribution in [-0.4, -0.2) is 81.0 Å². The summed E-state index contributed by atoms with van der Waals surface area (Å²) in [5.74, 6) is -0.849. The third-order valence-electron chi connectivity index (χ3n) is 8.13. The number of hydrogen-bond donors (Lipinski definition) is 2. The predicted octanol–water partition coefficient (Wildman–Crippen LogP) is 3.64. The van der Waals surface area contributed by atoms with Gasteiger partial charge in [0.05, 0.1) is 13.2 Å². The Labute approximate surface area is 254 Å². The Balaban J connectivity index is 1.26. The van der Waals surface area contributed by atoms with Crippen LogP contribution in [0.2, 0.25) is 0 Å². The first-order valence-corrected chi connectivity index (χ1v) is 14.6. The van der Waals surface area contributed by atoms with E-state index in [1.165, 1.54) is 17.0 Å². The molecule has 3 amide bonds. The van der Waals surface area contributed by atoms with Crippen molar-refractivity contribution in [2.24, 2.45) is 0 Å². The number of aliphatic hydroxyl groups is 1. The van der Waals surface area contributed by atoms with E-state index in [1.54, 1.807) is 17.0 Å². The zero-order valence-electron chi connectivity index (χ0n) is 24.0. The van der Waals surface area contributed by atoms with Gasteiger partial charge in [0, 0.05) is 13.0 Å². The lowest BCUT2D eigenvalue weighted by atomic mass is 10.0. The first-order chi connectivity index (χ1) is 21.4.